The van der Waals surface area contributed by atoms with Crippen molar-refractivity contribution in [2.24, 2.45) is 0 Å². The van der Waals surface area contributed by atoms with Gasteiger partial charge in [0, 0.05) is 5.56 Å². The molecular weight excluding hydrogens is 271 g/mol. The minimum absolute atomic E-state index is 0.0376. The average Bonchev–Trinajstić information content (AvgIpc) is 2.46. The van der Waals surface area contributed by atoms with Crippen LogP contribution in [0.2, 0.25) is 0 Å². The summed E-state index contributed by atoms with van der Waals surface area (Å²) >= 11 is 0. The highest BCUT2D eigenvalue weighted by molar-refractivity contribution is 6.04. The van der Waals surface area contributed by atoms with Crippen LogP contribution in [0.5, 0.6) is 0 Å². The first-order chi connectivity index (χ1) is 9.39. The van der Waals surface area contributed by atoms with Crippen molar-refractivity contribution in [1.29, 1.82) is 0 Å². The third-order valence-corrected chi connectivity index (χ3v) is 2.65. The molecule has 0 saturated carbocycles. The van der Waals surface area contributed by atoms with Gasteiger partial charge in [0.15, 0.2) is 0 Å². The topological polar surface area (TPSA) is 40.5 Å². The van der Waals surface area contributed by atoms with Crippen molar-refractivity contribution in [3.05, 3.63) is 65.7 Å². The Kier molecular flexibility index (Phi) is 3.76. The summed E-state index contributed by atoms with van der Waals surface area (Å²) < 4.78 is 37.2. The zero-order chi connectivity index (χ0) is 14.8. The van der Waals surface area contributed by atoms with E-state index in [9.17, 15) is 23.2 Å². The molecule has 104 valence electrons. The number of alkyl halides is 3. The van der Waals surface area contributed by atoms with Gasteiger partial charge in [-0.15, -0.1) is 0 Å². The first-order valence-electron chi connectivity index (χ1n) is 5.65. The molecule has 0 fully saturated rings. The van der Waals surface area contributed by atoms with Gasteiger partial charge in [0.25, 0.3) is 5.91 Å². The number of rotatable bonds is 2. The summed E-state index contributed by atoms with van der Waals surface area (Å²) in [5, 5.41) is 10.1. The van der Waals surface area contributed by atoms with Crippen molar-refractivity contribution in [3.8, 4) is 0 Å². The number of hydrogen-bond donors (Lipinski definition) is 1. The third-order valence-electron chi connectivity index (χ3n) is 2.65. The number of carbonyl (C=O) groups excluding carboxylic acids is 1. The van der Waals surface area contributed by atoms with E-state index in [1.807, 2.05) is 0 Å². The Morgan fingerprint density at radius 2 is 1.50 bits per heavy atom. The zero-order valence-corrected chi connectivity index (χ0v) is 10.1. The number of halogens is 3. The van der Waals surface area contributed by atoms with Crippen LogP contribution >= 0.6 is 0 Å². The molecule has 0 heterocycles. The van der Waals surface area contributed by atoms with Crippen molar-refractivity contribution in [3.63, 3.8) is 0 Å². The molecule has 0 aliphatic rings. The molecule has 0 atom stereocenters. The second kappa shape index (κ2) is 5.34. The molecule has 0 aliphatic heterocycles. The Balaban J connectivity index is 2.22. The molecule has 0 aliphatic carbocycles. The molecule has 0 bridgehead atoms. The van der Waals surface area contributed by atoms with Crippen LogP contribution in [-0.2, 0) is 6.18 Å². The SMILES string of the molecule is O=C(c1ccc(C(F)(F)F)cc1)N(O)c1ccccc1. The number of amides is 1. The fraction of sp³-hybridized carbons (Fsp3) is 0.0714. The van der Waals surface area contributed by atoms with Gasteiger partial charge in [-0.3, -0.25) is 10.0 Å². The van der Waals surface area contributed by atoms with Gasteiger partial charge >= 0.3 is 6.18 Å². The van der Waals surface area contributed by atoms with Gasteiger partial charge in [-0.25, -0.2) is 0 Å². The van der Waals surface area contributed by atoms with E-state index < -0.39 is 17.6 Å². The monoisotopic (exact) mass is 281 g/mol. The van der Waals surface area contributed by atoms with E-state index in [0.717, 1.165) is 24.3 Å². The van der Waals surface area contributed by atoms with Gasteiger partial charge in [-0.1, -0.05) is 18.2 Å². The fourth-order valence-electron chi connectivity index (χ4n) is 1.61. The number of anilines is 1. The number of benzene rings is 2. The molecule has 0 unspecified atom stereocenters. The highest BCUT2D eigenvalue weighted by Gasteiger charge is 2.30. The van der Waals surface area contributed by atoms with Gasteiger partial charge in [0.1, 0.15) is 0 Å². The van der Waals surface area contributed by atoms with Crippen LogP contribution in [-0.4, -0.2) is 11.1 Å². The molecule has 2 aromatic carbocycles. The molecule has 20 heavy (non-hydrogen) atoms. The Morgan fingerprint density at radius 1 is 0.950 bits per heavy atom. The van der Waals surface area contributed by atoms with Gasteiger partial charge in [-0.05, 0) is 36.4 Å². The van der Waals surface area contributed by atoms with E-state index in [2.05, 4.69) is 0 Å². The lowest BCUT2D eigenvalue weighted by Crippen LogP contribution is -2.26. The maximum absolute atomic E-state index is 12.4. The lowest BCUT2D eigenvalue weighted by Gasteiger charge is -2.15. The normalized spacial score (nSPS) is 11.2. The van der Waals surface area contributed by atoms with Crippen molar-refractivity contribution in [1.82, 2.24) is 0 Å². The first kappa shape index (κ1) is 14.1. The summed E-state index contributed by atoms with van der Waals surface area (Å²) in [5.41, 5.74) is -0.653. The summed E-state index contributed by atoms with van der Waals surface area (Å²) in [7, 11) is 0. The molecule has 0 saturated heterocycles. The van der Waals surface area contributed by atoms with Gasteiger partial charge < -0.3 is 0 Å². The molecule has 1 amide bonds. The number of carbonyl (C=O) groups is 1. The van der Waals surface area contributed by atoms with Crippen LogP contribution in [0, 0.1) is 0 Å². The lowest BCUT2D eigenvalue weighted by atomic mass is 10.1. The summed E-state index contributed by atoms with van der Waals surface area (Å²) in [5.74, 6) is -0.801. The predicted octanol–water partition coefficient (Wildman–Crippen LogP) is 3.74. The molecule has 0 radical (unpaired) electrons. The molecular formula is C14H10F3NO2. The molecule has 3 nitrogen and oxygen atoms in total. The Bertz CT molecular complexity index is 594. The van der Waals surface area contributed by atoms with Crippen LogP contribution < -0.4 is 5.06 Å². The highest BCUT2D eigenvalue weighted by Crippen LogP contribution is 2.29. The van der Waals surface area contributed by atoms with E-state index in [1.165, 1.54) is 12.1 Å². The largest absolute Gasteiger partial charge is 0.416 e. The third kappa shape index (κ3) is 2.97. The van der Waals surface area contributed by atoms with Crippen LogP contribution in [0.3, 0.4) is 0 Å². The van der Waals surface area contributed by atoms with Crippen LogP contribution in [0.15, 0.2) is 54.6 Å². The van der Waals surface area contributed by atoms with Gasteiger partial charge in [0.2, 0.25) is 0 Å². The quantitative estimate of drug-likeness (QED) is 0.673. The second-order valence-corrected chi connectivity index (χ2v) is 4.03. The summed E-state index contributed by atoms with van der Waals surface area (Å²) in [6.45, 7) is 0. The fourth-order valence-corrected chi connectivity index (χ4v) is 1.61. The standard InChI is InChI=1S/C14H10F3NO2/c15-14(16,17)11-8-6-10(7-9-11)13(19)18(20)12-4-2-1-3-5-12/h1-9,20H. The lowest BCUT2D eigenvalue weighted by molar-refractivity contribution is -0.137. The van der Waals surface area contributed by atoms with E-state index in [0.29, 0.717) is 5.06 Å². The van der Waals surface area contributed by atoms with E-state index >= 15 is 0 Å². The number of para-hydroxylation sites is 1. The van der Waals surface area contributed by atoms with Crippen LogP contribution in [0.4, 0.5) is 18.9 Å². The number of hydrogen-bond acceptors (Lipinski definition) is 2. The number of nitrogens with zero attached hydrogens (tertiary/aromatic N) is 1. The highest BCUT2D eigenvalue weighted by atomic mass is 19.4. The Labute approximate surface area is 112 Å². The van der Waals surface area contributed by atoms with E-state index in [1.54, 1.807) is 18.2 Å². The van der Waals surface area contributed by atoms with E-state index in [-0.39, 0.29) is 11.3 Å². The minimum Gasteiger partial charge on any atom is -0.281 e. The summed E-state index contributed by atoms with van der Waals surface area (Å²) in [6.07, 6.45) is -4.46. The molecule has 6 heteroatoms. The second-order valence-electron chi connectivity index (χ2n) is 4.03. The average molecular weight is 281 g/mol. The maximum atomic E-state index is 12.4. The summed E-state index contributed by atoms with van der Waals surface area (Å²) in [4.78, 5) is 11.9. The maximum Gasteiger partial charge on any atom is 0.416 e. The van der Waals surface area contributed by atoms with Crippen molar-refractivity contribution in [2.75, 3.05) is 5.06 Å². The molecule has 2 aromatic rings. The van der Waals surface area contributed by atoms with Crippen LogP contribution in [0.1, 0.15) is 15.9 Å². The zero-order valence-electron chi connectivity index (χ0n) is 10.1. The van der Waals surface area contributed by atoms with Crippen molar-refractivity contribution >= 4 is 11.6 Å². The van der Waals surface area contributed by atoms with Crippen LogP contribution in [0.25, 0.3) is 0 Å². The molecule has 1 N–H and O–H groups in total. The summed E-state index contributed by atoms with van der Waals surface area (Å²) in [6, 6.07) is 11.6. The smallest absolute Gasteiger partial charge is 0.281 e. The Morgan fingerprint density at radius 3 is 2.00 bits per heavy atom. The predicted molar refractivity (Wildman–Crippen MR) is 66.5 cm³/mol. The molecule has 2 rings (SSSR count). The van der Waals surface area contributed by atoms with Gasteiger partial charge in [0.05, 0.1) is 11.3 Å². The van der Waals surface area contributed by atoms with Crippen molar-refractivity contribution < 1.29 is 23.2 Å². The van der Waals surface area contributed by atoms with E-state index in [4.69, 9.17) is 0 Å². The molecule has 0 aromatic heterocycles. The van der Waals surface area contributed by atoms with Gasteiger partial charge in [-0.2, -0.15) is 18.2 Å². The minimum atomic E-state index is -4.46. The molecule has 0 spiro atoms. The number of hydroxylamine groups is 1. The Hall–Kier alpha value is -2.34. The first-order valence-corrected chi connectivity index (χ1v) is 5.65. The van der Waals surface area contributed by atoms with Crippen molar-refractivity contribution in [2.45, 2.75) is 6.18 Å².